The molecule has 3 aromatic heterocycles. The molecule has 0 spiro atoms. The number of aromatic nitrogens is 7. The Hall–Kier alpha value is -3.61. The highest BCUT2D eigenvalue weighted by Crippen LogP contribution is 2.15. The van der Waals surface area contributed by atoms with E-state index < -0.39 is 0 Å². The van der Waals surface area contributed by atoms with E-state index in [1.807, 2.05) is 64.2 Å². The van der Waals surface area contributed by atoms with Gasteiger partial charge in [-0.1, -0.05) is 52.9 Å². The fourth-order valence-electron chi connectivity index (χ4n) is 3.02. The quantitative estimate of drug-likeness (QED) is 0.321. The maximum atomic E-state index is 4.23. The molecular weight excluding hydrogens is 362 g/mol. The molecule has 0 saturated carbocycles. The molecule has 0 amide bonds. The van der Waals surface area contributed by atoms with Crippen LogP contribution in [0.5, 0.6) is 0 Å². The molecule has 0 radical (unpaired) electrons. The summed E-state index contributed by atoms with van der Waals surface area (Å²) in [6.45, 7) is 1.60. The van der Waals surface area contributed by atoms with Crippen molar-refractivity contribution in [1.82, 2.24) is 35.0 Å². The molecule has 0 fully saturated rings. The summed E-state index contributed by atoms with van der Waals surface area (Å²) in [5, 5.41) is 16.8. The molecule has 0 aliphatic rings. The highest BCUT2D eigenvalue weighted by atomic mass is 15.4. The molecule has 1 aromatic carbocycles. The van der Waals surface area contributed by atoms with Crippen LogP contribution >= 0.6 is 0 Å². The van der Waals surface area contributed by atoms with E-state index in [-0.39, 0.29) is 0 Å². The Bertz CT molecular complexity index is 1040. The molecule has 146 valence electrons. The lowest BCUT2D eigenvalue weighted by molar-refractivity contribution is 0.543. The van der Waals surface area contributed by atoms with Crippen LogP contribution in [0, 0.1) is 0 Å². The van der Waals surface area contributed by atoms with Crippen molar-refractivity contribution in [2.45, 2.75) is 32.4 Å². The number of pyridine rings is 1. The summed E-state index contributed by atoms with van der Waals surface area (Å²) in [7, 11) is 0. The normalized spacial score (nSPS) is 11.3. The Labute approximate surface area is 169 Å². The first-order chi connectivity index (χ1) is 14.4. The SMILES string of the molecule is C(=C\Cn1cc(-c2ccccc2)nn1)/CCCCn1cc(-c2cccnc2)nn1. The summed E-state index contributed by atoms with van der Waals surface area (Å²) in [6, 6.07) is 14.0. The third-order valence-corrected chi connectivity index (χ3v) is 4.57. The van der Waals surface area contributed by atoms with Crippen molar-refractivity contribution in [3.63, 3.8) is 0 Å². The zero-order chi connectivity index (χ0) is 19.7. The van der Waals surface area contributed by atoms with Crippen LogP contribution in [0.4, 0.5) is 0 Å². The van der Waals surface area contributed by atoms with E-state index in [2.05, 4.69) is 37.8 Å². The van der Waals surface area contributed by atoms with Crippen LogP contribution in [0.3, 0.4) is 0 Å². The third-order valence-electron chi connectivity index (χ3n) is 4.57. The summed E-state index contributed by atoms with van der Waals surface area (Å²) >= 11 is 0. The first kappa shape index (κ1) is 18.7. The van der Waals surface area contributed by atoms with Crippen molar-refractivity contribution in [2.75, 3.05) is 0 Å². The lowest BCUT2D eigenvalue weighted by Crippen LogP contribution is -1.98. The first-order valence-electron chi connectivity index (χ1n) is 9.79. The average Bonchev–Trinajstić information content (AvgIpc) is 3.44. The summed E-state index contributed by atoms with van der Waals surface area (Å²) in [5.41, 5.74) is 3.84. The standard InChI is InChI=1S/C22H23N7/c1(2-7-14-28-17-21(24-26-28)19-10-5-4-6-11-19)3-8-15-29-18-22(25-27-29)20-12-9-13-23-16-20/h2,4-7,9-13,16-18H,1,3,8,14-15H2/b7-2+. The number of rotatable bonds is 9. The molecule has 0 unspecified atom stereocenters. The lowest BCUT2D eigenvalue weighted by Gasteiger charge is -1.98. The molecular formula is C22H23N7. The van der Waals surface area contributed by atoms with E-state index in [9.17, 15) is 0 Å². The fraction of sp³-hybridized carbons (Fsp3) is 0.227. The monoisotopic (exact) mass is 385 g/mol. The van der Waals surface area contributed by atoms with Gasteiger partial charge in [-0.3, -0.25) is 9.67 Å². The van der Waals surface area contributed by atoms with E-state index >= 15 is 0 Å². The van der Waals surface area contributed by atoms with Gasteiger partial charge >= 0.3 is 0 Å². The van der Waals surface area contributed by atoms with Crippen LogP contribution in [-0.4, -0.2) is 35.0 Å². The van der Waals surface area contributed by atoms with Gasteiger partial charge < -0.3 is 0 Å². The van der Waals surface area contributed by atoms with E-state index in [1.54, 1.807) is 12.4 Å². The zero-order valence-corrected chi connectivity index (χ0v) is 16.2. The molecule has 0 aliphatic heterocycles. The molecule has 7 heteroatoms. The van der Waals surface area contributed by atoms with Gasteiger partial charge in [0.25, 0.3) is 0 Å². The van der Waals surface area contributed by atoms with Crippen molar-refractivity contribution in [1.29, 1.82) is 0 Å². The van der Waals surface area contributed by atoms with Crippen molar-refractivity contribution in [2.24, 2.45) is 0 Å². The summed E-state index contributed by atoms with van der Waals surface area (Å²) in [4.78, 5) is 4.12. The number of hydrogen-bond donors (Lipinski definition) is 0. The van der Waals surface area contributed by atoms with Crippen molar-refractivity contribution < 1.29 is 0 Å². The average molecular weight is 385 g/mol. The van der Waals surface area contributed by atoms with E-state index in [1.165, 1.54) is 0 Å². The van der Waals surface area contributed by atoms with Gasteiger partial charge in [-0.15, -0.1) is 10.2 Å². The maximum absolute atomic E-state index is 4.23. The van der Waals surface area contributed by atoms with Crippen LogP contribution < -0.4 is 0 Å². The molecule has 3 heterocycles. The first-order valence-corrected chi connectivity index (χ1v) is 9.79. The smallest absolute Gasteiger partial charge is 0.114 e. The number of allylic oxidation sites excluding steroid dienone is 2. The number of aryl methyl sites for hydroxylation is 1. The second-order valence-corrected chi connectivity index (χ2v) is 6.77. The van der Waals surface area contributed by atoms with E-state index in [4.69, 9.17) is 0 Å². The zero-order valence-electron chi connectivity index (χ0n) is 16.2. The number of unbranched alkanes of at least 4 members (excludes halogenated alkanes) is 2. The second kappa shape index (κ2) is 9.54. The van der Waals surface area contributed by atoms with Crippen LogP contribution in [0.25, 0.3) is 22.5 Å². The van der Waals surface area contributed by atoms with Gasteiger partial charge in [-0.05, 0) is 31.4 Å². The van der Waals surface area contributed by atoms with E-state index in [0.29, 0.717) is 0 Å². The number of benzene rings is 1. The van der Waals surface area contributed by atoms with Gasteiger partial charge in [0.15, 0.2) is 0 Å². The topological polar surface area (TPSA) is 74.3 Å². The Balaban J connectivity index is 1.16. The van der Waals surface area contributed by atoms with Crippen molar-refractivity contribution in [3.05, 3.63) is 79.4 Å². The molecule has 4 aromatic rings. The minimum Gasteiger partial charge on any atom is -0.264 e. The molecule has 4 rings (SSSR count). The van der Waals surface area contributed by atoms with Crippen LogP contribution in [0.1, 0.15) is 19.3 Å². The van der Waals surface area contributed by atoms with Crippen molar-refractivity contribution in [3.8, 4) is 22.5 Å². The minimum absolute atomic E-state index is 0.734. The predicted molar refractivity (Wildman–Crippen MR) is 112 cm³/mol. The lowest BCUT2D eigenvalue weighted by atomic mass is 10.2. The molecule has 7 nitrogen and oxygen atoms in total. The number of nitrogens with zero attached hydrogens (tertiary/aromatic N) is 7. The maximum Gasteiger partial charge on any atom is 0.114 e. The Morgan fingerprint density at radius 1 is 0.759 bits per heavy atom. The highest BCUT2D eigenvalue weighted by molar-refractivity contribution is 5.57. The molecule has 0 bridgehead atoms. The molecule has 29 heavy (non-hydrogen) atoms. The Morgan fingerprint density at radius 2 is 1.52 bits per heavy atom. The fourth-order valence-corrected chi connectivity index (χ4v) is 3.02. The minimum atomic E-state index is 0.734. The predicted octanol–water partition coefficient (Wildman–Crippen LogP) is 4.03. The summed E-state index contributed by atoms with van der Waals surface area (Å²) < 4.78 is 3.75. The van der Waals surface area contributed by atoms with Gasteiger partial charge in [0.2, 0.25) is 0 Å². The van der Waals surface area contributed by atoms with E-state index in [0.717, 1.165) is 54.9 Å². The largest absolute Gasteiger partial charge is 0.264 e. The van der Waals surface area contributed by atoms with Gasteiger partial charge in [0, 0.05) is 30.1 Å². The Morgan fingerprint density at radius 3 is 2.34 bits per heavy atom. The Kier molecular flexibility index (Phi) is 6.17. The van der Waals surface area contributed by atoms with Gasteiger partial charge in [0.1, 0.15) is 11.4 Å². The highest BCUT2D eigenvalue weighted by Gasteiger charge is 2.03. The second-order valence-electron chi connectivity index (χ2n) is 6.77. The number of hydrogen-bond acceptors (Lipinski definition) is 5. The van der Waals surface area contributed by atoms with Crippen LogP contribution in [0.2, 0.25) is 0 Å². The van der Waals surface area contributed by atoms with Gasteiger partial charge in [0.05, 0.1) is 18.9 Å². The molecule has 0 atom stereocenters. The van der Waals surface area contributed by atoms with Gasteiger partial charge in [-0.25, -0.2) is 4.68 Å². The van der Waals surface area contributed by atoms with Gasteiger partial charge in [-0.2, -0.15) is 0 Å². The summed E-state index contributed by atoms with van der Waals surface area (Å²) in [6.07, 6.45) is 15.0. The van der Waals surface area contributed by atoms with Crippen molar-refractivity contribution >= 4 is 0 Å². The molecule has 0 N–H and O–H groups in total. The third kappa shape index (κ3) is 5.22. The molecule has 0 aliphatic carbocycles. The van der Waals surface area contributed by atoms with Crippen LogP contribution in [-0.2, 0) is 13.1 Å². The van der Waals surface area contributed by atoms with Crippen LogP contribution in [0.15, 0.2) is 79.4 Å². The molecule has 0 saturated heterocycles. The summed E-state index contributed by atoms with van der Waals surface area (Å²) in [5.74, 6) is 0.